The Bertz CT molecular complexity index is 617. The van der Waals surface area contributed by atoms with Crippen LogP contribution in [-0.4, -0.2) is 17.5 Å². The van der Waals surface area contributed by atoms with E-state index in [4.69, 9.17) is 4.74 Å². The quantitative estimate of drug-likeness (QED) is 0.758. The normalized spacial score (nSPS) is 10.3. The summed E-state index contributed by atoms with van der Waals surface area (Å²) in [6.07, 6.45) is 5.46. The highest BCUT2D eigenvalue weighted by Crippen LogP contribution is 2.23. The molecule has 0 fully saturated rings. The van der Waals surface area contributed by atoms with Gasteiger partial charge in [0, 0.05) is 23.4 Å². The van der Waals surface area contributed by atoms with Crippen molar-refractivity contribution >= 4 is 21.8 Å². The molecule has 1 amide bonds. The van der Waals surface area contributed by atoms with E-state index in [-0.39, 0.29) is 5.91 Å². The van der Waals surface area contributed by atoms with Gasteiger partial charge in [-0.15, -0.1) is 0 Å². The van der Waals surface area contributed by atoms with Crippen LogP contribution in [0.2, 0.25) is 0 Å². The predicted molar refractivity (Wildman–Crippen MR) is 90.0 cm³/mol. The predicted octanol–water partition coefficient (Wildman–Crippen LogP) is 3.95. The second-order valence-electron chi connectivity index (χ2n) is 4.89. The maximum Gasteiger partial charge on any atom is 0.255 e. The lowest BCUT2D eigenvalue weighted by Gasteiger charge is -2.12. The van der Waals surface area contributed by atoms with Gasteiger partial charge in [0.05, 0.1) is 12.2 Å². The molecule has 0 aliphatic heterocycles. The number of nitrogens with one attached hydrogen (secondary N) is 1. The van der Waals surface area contributed by atoms with Crippen molar-refractivity contribution in [3.8, 4) is 5.75 Å². The number of amides is 1. The van der Waals surface area contributed by atoms with E-state index < -0.39 is 0 Å². The van der Waals surface area contributed by atoms with Gasteiger partial charge in [-0.1, -0.05) is 35.3 Å². The van der Waals surface area contributed by atoms with E-state index >= 15 is 0 Å². The summed E-state index contributed by atoms with van der Waals surface area (Å²) in [7, 11) is 0. The number of unbranched alkanes of at least 4 members (excludes halogenated alkanes) is 1. The van der Waals surface area contributed by atoms with Gasteiger partial charge in [-0.05, 0) is 36.2 Å². The van der Waals surface area contributed by atoms with E-state index in [1.165, 1.54) is 0 Å². The number of rotatable bonds is 7. The van der Waals surface area contributed by atoms with Crippen molar-refractivity contribution in [3.05, 3.63) is 58.3 Å². The van der Waals surface area contributed by atoms with Gasteiger partial charge in [-0.3, -0.25) is 9.78 Å². The Labute approximate surface area is 139 Å². The zero-order chi connectivity index (χ0) is 15.8. The number of benzene rings is 1. The molecule has 0 bridgehead atoms. The van der Waals surface area contributed by atoms with Crippen LogP contribution >= 0.6 is 15.9 Å². The van der Waals surface area contributed by atoms with E-state index in [0.717, 1.165) is 22.9 Å². The number of nitrogens with zero attached hydrogens (tertiary/aromatic N) is 1. The fourth-order valence-corrected chi connectivity index (χ4v) is 2.27. The van der Waals surface area contributed by atoms with E-state index in [2.05, 4.69) is 33.2 Å². The first-order chi connectivity index (χ1) is 10.7. The van der Waals surface area contributed by atoms with Crippen LogP contribution in [0.5, 0.6) is 5.75 Å². The first-order valence-corrected chi connectivity index (χ1v) is 8.09. The number of aromatic nitrogens is 1. The summed E-state index contributed by atoms with van der Waals surface area (Å²) in [5.74, 6) is 0.456. The van der Waals surface area contributed by atoms with Crippen LogP contribution in [0.3, 0.4) is 0 Å². The van der Waals surface area contributed by atoms with Crippen LogP contribution in [0.4, 0.5) is 0 Å². The molecule has 0 aliphatic rings. The van der Waals surface area contributed by atoms with Crippen molar-refractivity contribution in [1.82, 2.24) is 10.3 Å². The number of ether oxygens (including phenoxy) is 1. The van der Waals surface area contributed by atoms with Gasteiger partial charge in [0.15, 0.2) is 0 Å². The third-order valence-electron chi connectivity index (χ3n) is 3.12. The molecule has 22 heavy (non-hydrogen) atoms. The van der Waals surface area contributed by atoms with Gasteiger partial charge in [0.25, 0.3) is 5.91 Å². The van der Waals surface area contributed by atoms with Crippen molar-refractivity contribution in [2.24, 2.45) is 0 Å². The van der Waals surface area contributed by atoms with Crippen LogP contribution in [0, 0.1) is 0 Å². The number of halogens is 1. The molecule has 0 radical (unpaired) electrons. The Morgan fingerprint density at radius 1 is 1.36 bits per heavy atom. The molecule has 0 saturated carbocycles. The maximum atomic E-state index is 12.4. The lowest BCUT2D eigenvalue weighted by molar-refractivity contribution is 0.0946. The molecule has 1 aromatic heterocycles. The smallest absolute Gasteiger partial charge is 0.255 e. The number of carbonyl (C=O) groups excluding carboxylic acids is 1. The standard InChI is InChI=1S/C17H19BrN2O2/c1-2-3-9-22-16-7-6-14(18)10-15(16)17(21)20-12-13-5-4-8-19-11-13/h4-8,10-11H,2-3,9,12H2,1H3,(H,20,21). The topological polar surface area (TPSA) is 51.2 Å². The van der Waals surface area contributed by atoms with E-state index in [9.17, 15) is 4.79 Å². The Morgan fingerprint density at radius 2 is 2.23 bits per heavy atom. The van der Waals surface area contributed by atoms with Crippen molar-refractivity contribution in [2.45, 2.75) is 26.3 Å². The molecular weight excluding hydrogens is 344 g/mol. The average Bonchev–Trinajstić information content (AvgIpc) is 2.55. The Hall–Kier alpha value is -1.88. The molecule has 116 valence electrons. The Morgan fingerprint density at radius 3 is 2.95 bits per heavy atom. The summed E-state index contributed by atoms with van der Waals surface area (Å²) in [6.45, 7) is 3.15. The minimum Gasteiger partial charge on any atom is -0.493 e. The molecule has 0 unspecified atom stereocenters. The lowest BCUT2D eigenvalue weighted by Crippen LogP contribution is -2.23. The minimum absolute atomic E-state index is 0.156. The third-order valence-corrected chi connectivity index (χ3v) is 3.61. The van der Waals surface area contributed by atoms with E-state index in [0.29, 0.717) is 24.5 Å². The van der Waals surface area contributed by atoms with E-state index in [1.807, 2.05) is 24.3 Å². The summed E-state index contributed by atoms with van der Waals surface area (Å²) in [5, 5.41) is 2.89. The second kappa shape index (κ2) is 8.54. The molecule has 4 nitrogen and oxygen atoms in total. The molecule has 1 heterocycles. The summed E-state index contributed by atoms with van der Waals surface area (Å²) < 4.78 is 6.56. The molecule has 0 spiro atoms. The third kappa shape index (κ3) is 4.84. The Balaban J connectivity index is 2.05. The highest BCUT2D eigenvalue weighted by Gasteiger charge is 2.13. The number of carbonyl (C=O) groups is 1. The first-order valence-electron chi connectivity index (χ1n) is 7.30. The van der Waals surface area contributed by atoms with Crippen LogP contribution < -0.4 is 10.1 Å². The molecule has 0 atom stereocenters. The number of hydrogen-bond acceptors (Lipinski definition) is 3. The highest BCUT2D eigenvalue weighted by atomic mass is 79.9. The second-order valence-corrected chi connectivity index (χ2v) is 5.80. The fourth-order valence-electron chi connectivity index (χ4n) is 1.91. The SMILES string of the molecule is CCCCOc1ccc(Br)cc1C(=O)NCc1cccnc1. The van der Waals surface area contributed by atoms with Gasteiger partial charge in [0.1, 0.15) is 5.75 Å². The monoisotopic (exact) mass is 362 g/mol. The zero-order valence-electron chi connectivity index (χ0n) is 12.5. The van der Waals surface area contributed by atoms with Crippen LogP contribution in [0.25, 0.3) is 0 Å². The highest BCUT2D eigenvalue weighted by molar-refractivity contribution is 9.10. The van der Waals surface area contributed by atoms with Crippen molar-refractivity contribution in [2.75, 3.05) is 6.61 Å². The van der Waals surface area contributed by atoms with Gasteiger partial charge >= 0.3 is 0 Å². The summed E-state index contributed by atoms with van der Waals surface area (Å²) in [5.41, 5.74) is 1.49. The molecule has 5 heteroatoms. The lowest BCUT2D eigenvalue weighted by atomic mass is 10.2. The molecular formula is C17H19BrN2O2. The van der Waals surface area contributed by atoms with Gasteiger partial charge in [-0.2, -0.15) is 0 Å². The van der Waals surface area contributed by atoms with Crippen LogP contribution in [-0.2, 0) is 6.54 Å². The average molecular weight is 363 g/mol. The summed E-state index contributed by atoms with van der Waals surface area (Å²) in [6, 6.07) is 9.24. The number of pyridine rings is 1. The van der Waals surface area contributed by atoms with Crippen molar-refractivity contribution in [1.29, 1.82) is 0 Å². The zero-order valence-corrected chi connectivity index (χ0v) is 14.1. The fraction of sp³-hybridized carbons (Fsp3) is 0.294. The molecule has 0 aliphatic carbocycles. The Kier molecular flexibility index (Phi) is 6.40. The van der Waals surface area contributed by atoms with Gasteiger partial charge < -0.3 is 10.1 Å². The van der Waals surface area contributed by atoms with Gasteiger partial charge in [0.2, 0.25) is 0 Å². The molecule has 0 saturated heterocycles. The number of hydrogen-bond donors (Lipinski definition) is 1. The molecule has 1 N–H and O–H groups in total. The largest absolute Gasteiger partial charge is 0.493 e. The maximum absolute atomic E-state index is 12.4. The summed E-state index contributed by atoms with van der Waals surface area (Å²) in [4.78, 5) is 16.4. The van der Waals surface area contributed by atoms with E-state index in [1.54, 1.807) is 18.5 Å². The van der Waals surface area contributed by atoms with Gasteiger partial charge in [-0.25, -0.2) is 0 Å². The first kappa shape index (κ1) is 16.5. The minimum atomic E-state index is -0.156. The van der Waals surface area contributed by atoms with Crippen molar-refractivity contribution < 1.29 is 9.53 Å². The molecule has 1 aromatic carbocycles. The van der Waals surface area contributed by atoms with Crippen LogP contribution in [0.1, 0.15) is 35.7 Å². The molecule has 2 aromatic rings. The van der Waals surface area contributed by atoms with Crippen LogP contribution in [0.15, 0.2) is 47.2 Å². The van der Waals surface area contributed by atoms with Crippen molar-refractivity contribution in [3.63, 3.8) is 0 Å². The summed E-state index contributed by atoms with van der Waals surface area (Å²) >= 11 is 3.40. The molecule has 2 rings (SSSR count).